The molecule has 5 nitrogen and oxygen atoms in total. The van der Waals surface area contributed by atoms with E-state index in [1.807, 2.05) is 0 Å². The molecule has 1 aliphatic heterocycles. The molecule has 0 aromatic heterocycles. The molecular formula is C10H19NO4. The average Bonchev–Trinajstić information content (AvgIpc) is 2.40. The van der Waals surface area contributed by atoms with Crippen LogP contribution in [0.15, 0.2) is 0 Å². The van der Waals surface area contributed by atoms with Gasteiger partial charge in [-0.2, -0.15) is 0 Å². The number of ether oxygens (including phenoxy) is 3. The van der Waals surface area contributed by atoms with Gasteiger partial charge in [-0.25, -0.2) is 4.79 Å². The van der Waals surface area contributed by atoms with Crippen molar-refractivity contribution >= 4 is 5.97 Å². The van der Waals surface area contributed by atoms with E-state index in [1.54, 1.807) is 27.7 Å². The lowest BCUT2D eigenvalue weighted by Gasteiger charge is -2.17. The monoisotopic (exact) mass is 217 g/mol. The smallest absolute Gasteiger partial charge is 0.338 e. The van der Waals surface area contributed by atoms with Gasteiger partial charge in [0.1, 0.15) is 6.10 Å². The molecule has 2 N–H and O–H groups in total. The van der Waals surface area contributed by atoms with Gasteiger partial charge < -0.3 is 19.9 Å². The van der Waals surface area contributed by atoms with Gasteiger partial charge in [-0.15, -0.1) is 0 Å². The molecular weight excluding hydrogens is 198 g/mol. The third-order valence-electron chi connectivity index (χ3n) is 2.00. The molecule has 1 aliphatic rings. The van der Waals surface area contributed by atoms with Crippen molar-refractivity contribution in [1.29, 1.82) is 0 Å². The van der Waals surface area contributed by atoms with Crippen LogP contribution >= 0.6 is 0 Å². The molecule has 0 amide bonds. The summed E-state index contributed by atoms with van der Waals surface area (Å²) in [6.45, 7) is 7.31. The Labute approximate surface area is 89.9 Å². The fourth-order valence-electron chi connectivity index (χ4n) is 1.51. The van der Waals surface area contributed by atoms with Gasteiger partial charge in [-0.3, -0.25) is 0 Å². The molecule has 0 radical (unpaired) electrons. The van der Waals surface area contributed by atoms with Crippen LogP contribution in [0.2, 0.25) is 0 Å². The summed E-state index contributed by atoms with van der Waals surface area (Å²) in [5, 5.41) is 0. The first-order valence-electron chi connectivity index (χ1n) is 5.12. The van der Waals surface area contributed by atoms with Crippen LogP contribution in [0.1, 0.15) is 27.7 Å². The zero-order valence-electron chi connectivity index (χ0n) is 9.65. The predicted molar refractivity (Wildman–Crippen MR) is 54.1 cm³/mol. The van der Waals surface area contributed by atoms with Gasteiger partial charge >= 0.3 is 5.97 Å². The van der Waals surface area contributed by atoms with Crippen LogP contribution in [0, 0.1) is 0 Å². The summed E-state index contributed by atoms with van der Waals surface area (Å²) in [6, 6.07) is 0. The van der Waals surface area contributed by atoms with Crippen molar-refractivity contribution in [2.75, 3.05) is 6.54 Å². The molecule has 1 saturated heterocycles. The minimum Gasteiger partial charge on any atom is -0.461 e. The van der Waals surface area contributed by atoms with Crippen LogP contribution in [0.4, 0.5) is 0 Å². The number of hydrogen-bond donors (Lipinski definition) is 1. The molecule has 2 atom stereocenters. The summed E-state index contributed by atoms with van der Waals surface area (Å²) in [4.78, 5) is 11.6. The molecule has 2 unspecified atom stereocenters. The van der Waals surface area contributed by atoms with Crippen LogP contribution in [-0.2, 0) is 19.0 Å². The fraction of sp³-hybridized carbons (Fsp3) is 0.900. The topological polar surface area (TPSA) is 70.8 Å². The van der Waals surface area contributed by atoms with Gasteiger partial charge in [0.25, 0.3) is 0 Å². The second kappa shape index (κ2) is 4.47. The van der Waals surface area contributed by atoms with E-state index >= 15 is 0 Å². The molecule has 0 aromatic carbocycles. The second-order valence-corrected chi connectivity index (χ2v) is 4.32. The number of esters is 1. The Balaban J connectivity index is 2.64. The van der Waals surface area contributed by atoms with Gasteiger partial charge in [-0.05, 0) is 27.7 Å². The normalized spacial score (nSPS) is 29.5. The summed E-state index contributed by atoms with van der Waals surface area (Å²) in [7, 11) is 0. The van der Waals surface area contributed by atoms with E-state index in [0.717, 1.165) is 0 Å². The first-order valence-corrected chi connectivity index (χ1v) is 5.12. The van der Waals surface area contributed by atoms with E-state index < -0.39 is 24.0 Å². The molecule has 15 heavy (non-hydrogen) atoms. The van der Waals surface area contributed by atoms with E-state index in [1.165, 1.54) is 0 Å². The standard InChI is InChI=1S/C10H19NO4/c1-6(2)13-9(12)8-7(5-11)14-10(3,4)15-8/h6-8H,5,11H2,1-4H3. The predicted octanol–water partition coefficient (Wildman–Crippen LogP) is 0.417. The maximum atomic E-state index is 11.6. The Morgan fingerprint density at radius 3 is 2.53 bits per heavy atom. The molecule has 88 valence electrons. The largest absolute Gasteiger partial charge is 0.461 e. The van der Waals surface area contributed by atoms with E-state index in [9.17, 15) is 4.79 Å². The molecule has 1 heterocycles. The summed E-state index contributed by atoms with van der Waals surface area (Å²) >= 11 is 0. The molecule has 1 fully saturated rings. The molecule has 0 aliphatic carbocycles. The highest BCUT2D eigenvalue weighted by atomic mass is 16.8. The van der Waals surface area contributed by atoms with Crippen LogP contribution < -0.4 is 5.73 Å². The molecule has 0 spiro atoms. The summed E-state index contributed by atoms with van der Waals surface area (Å²) < 4.78 is 16.0. The van der Waals surface area contributed by atoms with Crippen molar-refractivity contribution in [3.05, 3.63) is 0 Å². The molecule has 5 heteroatoms. The molecule has 1 rings (SSSR count). The second-order valence-electron chi connectivity index (χ2n) is 4.32. The van der Waals surface area contributed by atoms with E-state index in [-0.39, 0.29) is 12.6 Å². The Bertz CT molecular complexity index is 240. The summed E-state index contributed by atoms with van der Waals surface area (Å²) in [5.41, 5.74) is 5.50. The quantitative estimate of drug-likeness (QED) is 0.693. The maximum absolute atomic E-state index is 11.6. The van der Waals surface area contributed by atoms with Crippen LogP contribution in [0.25, 0.3) is 0 Å². The third kappa shape index (κ3) is 3.15. The lowest BCUT2D eigenvalue weighted by Crippen LogP contribution is -2.38. The van der Waals surface area contributed by atoms with Gasteiger partial charge in [0.05, 0.1) is 6.10 Å². The summed E-state index contributed by atoms with van der Waals surface area (Å²) in [5.74, 6) is -1.18. The zero-order valence-corrected chi connectivity index (χ0v) is 9.65. The average molecular weight is 217 g/mol. The van der Waals surface area contributed by atoms with Crippen molar-refractivity contribution in [3.63, 3.8) is 0 Å². The Hall–Kier alpha value is -0.650. The van der Waals surface area contributed by atoms with E-state index in [2.05, 4.69) is 0 Å². The van der Waals surface area contributed by atoms with Crippen molar-refractivity contribution < 1.29 is 19.0 Å². The lowest BCUT2D eigenvalue weighted by molar-refractivity contribution is -0.173. The van der Waals surface area contributed by atoms with Gasteiger partial charge in [0.2, 0.25) is 0 Å². The lowest BCUT2D eigenvalue weighted by atomic mass is 10.2. The Kier molecular flexibility index (Phi) is 3.70. The Morgan fingerprint density at radius 2 is 2.07 bits per heavy atom. The molecule has 0 aromatic rings. The Morgan fingerprint density at radius 1 is 1.47 bits per heavy atom. The number of carbonyl (C=O) groups is 1. The first kappa shape index (κ1) is 12.4. The van der Waals surface area contributed by atoms with Crippen LogP contribution in [0.3, 0.4) is 0 Å². The number of nitrogens with two attached hydrogens (primary N) is 1. The first-order chi connectivity index (χ1) is 6.85. The minimum atomic E-state index is -0.773. The third-order valence-corrected chi connectivity index (χ3v) is 2.00. The highest BCUT2D eigenvalue weighted by Gasteiger charge is 2.45. The molecule has 0 saturated carbocycles. The number of hydrogen-bond acceptors (Lipinski definition) is 5. The maximum Gasteiger partial charge on any atom is 0.338 e. The van der Waals surface area contributed by atoms with Crippen molar-refractivity contribution in [2.45, 2.75) is 51.8 Å². The van der Waals surface area contributed by atoms with E-state index in [4.69, 9.17) is 19.9 Å². The van der Waals surface area contributed by atoms with Crippen molar-refractivity contribution in [1.82, 2.24) is 0 Å². The highest BCUT2D eigenvalue weighted by molar-refractivity contribution is 5.76. The van der Waals surface area contributed by atoms with Crippen LogP contribution in [-0.4, -0.2) is 36.6 Å². The van der Waals surface area contributed by atoms with Crippen LogP contribution in [0.5, 0.6) is 0 Å². The van der Waals surface area contributed by atoms with Gasteiger partial charge in [0, 0.05) is 6.54 Å². The van der Waals surface area contributed by atoms with Crippen molar-refractivity contribution in [2.24, 2.45) is 5.73 Å². The highest BCUT2D eigenvalue weighted by Crippen LogP contribution is 2.28. The SMILES string of the molecule is CC(C)OC(=O)C1OC(C)(C)OC1CN. The minimum absolute atomic E-state index is 0.164. The molecule has 0 bridgehead atoms. The van der Waals surface area contributed by atoms with Gasteiger partial charge in [0.15, 0.2) is 11.9 Å². The fourth-order valence-corrected chi connectivity index (χ4v) is 1.51. The van der Waals surface area contributed by atoms with Gasteiger partial charge in [-0.1, -0.05) is 0 Å². The number of rotatable bonds is 3. The zero-order chi connectivity index (χ0) is 11.6. The summed E-state index contributed by atoms with van der Waals surface area (Å²) in [6.07, 6.45) is -1.30. The van der Waals surface area contributed by atoms with Crippen molar-refractivity contribution in [3.8, 4) is 0 Å². The van der Waals surface area contributed by atoms with E-state index in [0.29, 0.717) is 0 Å². The number of carbonyl (C=O) groups excluding carboxylic acids is 1.